The van der Waals surface area contributed by atoms with Gasteiger partial charge < -0.3 is 5.32 Å². The van der Waals surface area contributed by atoms with Crippen molar-refractivity contribution in [2.75, 3.05) is 11.9 Å². The van der Waals surface area contributed by atoms with E-state index in [0.717, 1.165) is 42.1 Å². The normalized spacial score (nSPS) is 13.6. The van der Waals surface area contributed by atoms with Crippen molar-refractivity contribution in [1.82, 2.24) is 15.0 Å². The SMILES string of the molecule is CCNc1nc(-c2cnc3ccsc3c2)nc2c1CCC2. The molecule has 3 heterocycles. The standard InChI is InChI=1S/C16H16N4S/c1-2-17-16-11-4-3-5-12(11)19-15(20-16)10-8-14-13(18-9-10)6-7-21-14/h6-9H,2-5H2,1H3,(H,17,19,20). The van der Waals surface area contributed by atoms with Crippen molar-refractivity contribution in [3.8, 4) is 11.4 Å². The molecule has 0 saturated carbocycles. The van der Waals surface area contributed by atoms with E-state index < -0.39 is 0 Å². The Bertz CT molecular complexity index is 809. The summed E-state index contributed by atoms with van der Waals surface area (Å²) in [5.41, 5.74) is 4.53. The molecule has 0 spiro atoms. The summed E-state index contributed by atoms with van der Waals surface area (Å²) in [6, 6.07) is 4.18. The highest BCUT2D eigenvalue weighted by Gasteiger charge is 2.19. The molecular weight excluding hydrogens is 280 g/mol. The number of nitrogens with one attached hydrogen (secondary N) is 1. The minimum absolute atomic E-state index is 0.786. The average Bonchev–Trinajstić information content (AvgIpc) is 3.15. The van der Waals surface area contributed by atoms with Crippen LogP contribution in [0.1, 0.15) is 24.6 Å². The van der Waals surface area contributed by atoms with Gasteiger partial charge in [-0.15, -0.1) is 11.3 Å². The number of nitrogens with zero attached hydrogens (tertiary/aromatic N) is 3. The third kappa shape index (κ3) is 2.17. The van der Waals surface area contributed by atoms with E-state index in [1.54, 1.807) is 11.3 Å². The fourth-order valence-electron chi connectivity index (χ4n) is 2.84. The summed E-state index contributed by atoms with van der Waals surface area (Å²) in [5, 5.41) is 5.45. The number of hydrogen-bond acceptors (Lipinski definition) is 5. The molecule has 3 aromatic rings. The molecular formula is C16H16N4S. The molecule has 0 radical (unpaired) electrons. The number of anilines is 1. The van der Waals surface area contributed by atoms with Crippen molar-refractivity contribution >= 4 is 27.4 Å². The molecule has 5 heteroatoms. The van der Waals surface area contributed by atoms with Crippen LogP contribution in [0.5, 0.6) is 0 Å². The summed E-state index contributed by atoms with van der Waals surface area (Å²) in [7, 11) is 0. The van der Waals surface area contributed by atoms with Gasteiger partial charge in [0, 0.05) is 29.6 Å². The Morgan fingerprint density at radius 1 is 1.29 bits per heavy atom. The first-order valence-electron chi connectivity index (χ1n) is 7.32. The number of pyridine rings is 1. The Labute approximate surface area is 127 Å². The minimum atomic E-state index is 0.786. The Kier molecular flexibility index (Phi) is 3.07. The molecule has 1 N–H and O–H groups in total. The largest absolute Gasteiger partial charge is 0.370 e. The van der Waals surface area contributed by atoms with E-state index in [1.165, 1.54) is 22.4 Å². The van der Waals surface area contributed by atoms with Gasteiger partial charge in [-0.3, -0.25) is 4.98 Å². The third-order valence-electron chi connectivity index (χ3n) is 3.84. The Balaban J connectivity index is 1.85. The fraction of sp³-hybridized carbons (Fsp3) is 0.312. The first-order chi connectivity index (χ1) is 10.3. The maximum Gasteiger partial charge on any atom is 0.163 e. The molecule has 21 heavy (non-hydrogen) atoms. The molecule has 0 saturated heterocycles. The van der Waals surface area contributed by atoms with Gasteiger partial charge in [0.15, 0.2) is 5.82 Å². The zero-order chi connectivity index (χ0) is 14.2. The molecule has 0 aromatic carbocycles. The van der Waals surface area contributed by atoms with Crippen LogP contribution in [0, 0.1) is 0 Å². The fourth-order valence-corrected chi connectivity index (χ4v) is 3.62. The molecule has 4 nitrogen and oxygen atoms in total. The maximum absolute atomic E-state index is 4.77. The molecule has 0 amide bonds. The number of hydrogen-bond donors (Lipinski definition) is 1. The van der Waals surface area contributed by atoms with Crippen LogP contribution in [0.4, 0.5) is 5.82 Å². The summed E-state index contributed by atoms with van der Waals surface area (Å²) in [6.07, 6.45) is 5.19. The Morgan fingerprint density at radius 3 is 3.14 bits per heavy atom. The van der Waals surface area contributed by atoms with Crippen molar-refractivity contribution in [3.63, 3.8) is 0 Å². The van der Waals surface area contributed by atoms with E-state index >= 15 is 0 Å². The molecule has 1 aliphatic carbocycles. The predicted octanol–water partition coefficient (Wildman–Crippen LogP) is 3.67. The first kappa shape index (κ1) is 12.7. The molecule has 0 unspecified atom stereocenters. The van der Waals surface area contributed by atoms with Gasteiger partial charge >= 0.3 is 0 Å². The van der Waals surface area contributed by atoms with Gasteiger partial charge in [-0.05, 0) is 43.7 Å². The van der Waals surface area contributed by atoms with Crippen LogP contribution in [-0.4, -0.2) is 21.5 Å². The highest BCUT2D eigenvalue weighted by atomic mass is 32.1. The van der Waals surface area contributed by atoms with Crippen LogP contribution in [-0.2, 0) is 12.8 Å². The van der Waals surface area contributed by atoms with Gasteiger partial charge in [0.05, 0.1) is 10.2 Å². The lowest BCUT2D eigenvalue weighted by Gasteiger charge is -2.11. The lowest BCUT2D eigenvalue weighted by atomic mass is 10.2. The molecule has 3 aromatic heterocycles. The van der Waals surface area contributed by atoms with Gasteiger partial charge in [0.25, 0.3) is 0 Å². The van der Waals surface area contributed by atoms with Gasteiger partial charge in [-0.25, -0.2) is 9.97 Å². The zero-order valence-electron chi connectivity index (χ0n) is 11.9. The van der Waals surface area contributed by atoms with Crippen LogP contribution in [0.2, 0.25) is 0 Å². The van der Waals surface area contributed by atoms with Crippen molar-refractivity contribution in [3.05, 3.63) is 35.0 Å². The Morgan fingerprint density at radius 2 is 2.24 bits per heavy atom. The molecule has 1 aliphatic rings. The van der Waals surface area contributed by atoms with Crippen LogP contribution >= 0.6 is 11.3 Å². The summed E-state index contributed by atoms with van der Waals surface area (Å²) in [5.74, 6) is 1.79. The third-order valence-corrected chi connectivity index (χ3v) is 4.69. The van der Waals surface area contributed by atoms with Gasteiger partial charge in [0.1, 0.15) is 5.82 Å². The molecule has 4 rings (SSSR count). The number of rotatable bonds is 3. The van der Waals surface area contributed by atoms with E-state index in [9.17, 15) is 0 Å². The van der Waals surface area contributed by atoms with Crippen LogP contribution in [0.25, 0.3) is 21.6 Å². The molecule has 106 valence electrons. The van der Waals surface area contributed by atoms with E-state index in [0.29, 0.717) is 0 Å². The number of aromatic nitrogens is 3. The average molecular weight is 296 g/mol. The summed E-state index contributed by atoms with van der Waals surface area (Å²) < 4.78 is 1.18. The van der Waals surface area contributed by atoms with E-state index in [2.05, 4.69) is 28.7 Å². The van der Waals surface area contributed by atoms with E-state index in [-0.39, 0.29) is 0 Å². The second kappa shape index (κ2) is 5.07. The molecule has 0 bridgehead atoms. The lowest BCUT2D eigenvalue weighted by Crippen LogP contribution is -2.06. The predicted molar refractivity (Wildman–Crippen MR) is 86.8 cm³/mol. The number of thiophene rings is 1. The summed E-state index contributed by atoms with van der Waals surface area (Å²) in [4.78, 5) is 14.0. The zero-order valence-corrected chi connectivity index (χ0v) is 12.7. The summed E-state index contributed by atoms with van der Waals surface area (Å²) in [6.45, 7) is 2.98. The quantitative estimate of drug-likeness (QED) is 0.801. The maximum atomic E-state index is 4.77. The topological polar surface area (TPSA) is 50.7 Å². The minimum Gasteiger partial charge on any atom is -0.370 e. The van der Waals surface area contributed by atoms with Crippen LogP contribution in [0.15, 0.2) is 23.7 Å². The highest BCUT2D eigenvalue weighted by Crippen LogP contribution is 2.30. The molecule has 0 aliphatic heterocycles. The second-order valence-electron chi connectivity index (χ2n) is 5.23. The van der Waals surface area contributed by atoms with Crippen molar-refractivity contribution in [2.45, 2.75) is 26.2 Å². The van der Waals surface area contributed by atoms with Gasteiger partial charge in [0.2, 0.25) is 0 Å². The monoisotopic (exact) mass is 296 g/mol. The smallest absolute Gasteiger partial charge is 0.163 e. The van der Waals surface area contributed by atoms with E-state index in [1.807, 2.05) is 12.3 Å². The van der Waals surface area contributed by atoms with Crippen molar-refractivity contribution < 1.29 is 0 Å². The van der Waals surface area contributed by atoms with Gasteiger partial charge in [-0.1, -0.05) is 0 Å². The van der Waals surface area contributed by atoms with Crippen LogP contribution < -0.4 is 5.32 Å². The van der Waals surface area contributed by atoms with Crippen molar-refractivity contribution in [1.29, 1.82) is 0 Å². The second-order valence-corrected chi connectivity index (χ2v) is 6.18. The lowest BCUT2D eigenvalue weighted by molar-refractivity contribution is 0.900. The molecule has 0 atom stereocenters. The summed E-state index contributed by atoms with van der Waals surface area (Å²) >= 11 is 1.70. The Hall–Kier alpha value is -2.01. The molecule has 0 fully saturated rings. The van der Waals surface area contributed by atoms with Gasteiger partial charge in [-0.2, -0.15) is 0 Å². The number of fused-ring (bicyclic) bond motifs is 2. The first-order valence-corrected chi connectivity index (χ1v) is 8.20. The van der Waals surface area contributed by atoms with Crippen LogP contribution in [0.3, 0.4) is 0 Å². The number of aryl methyl sites for hydroxylation is 1. The highest BCUT2D eigenvalue weighted by molar-refractivity contribution is 7.17. The van der Waals surface area contributed by atoms with E-state index in [4.69, 9.17) is 9.97 Å². The van der Waals surface area contributed by atoms with Crippen molar-refractivity contribution in [2.24, 2.45) is 0 Å².